The van der Waals surface area contributed by atoms with E-state index in [1.807, 2.05) is 0 Å². The number of likely N-dealkylation sites (N-methyl/N-ethyl adjacent to an activating group) is 1. The van der Waals surface area contributed by atoms with Crippen molar-refractivity contribution in [3.63, 3.8) is 0 Å². The van der Waals surface area contributed by atoms with Crippen LogP contribution in [0.3, 0.4) is 0 Å². The molecule has 11 nitrogen and oxygen atoms in total. The average molecular weight is 566 g/mol. The molecule has 1 fully saturated rings. The molecule has 4 rings (SSSR count). The van der Waals surface area contributed by atoms with Gasteiger partial charge in [-0.1, -0.05) is 0 Å². The summed E-state index contributed by atoms with van der Waals surface area (Å²) in [6.45, 7) is 3.34. The molecule has 0 unspecified atom stereocenters. The van der Waals surface area contributed by atoms with Gasteiger partial charge in [-0.25, -0.2) is 9.37 Å². The van der Waals surface area contributed by atoms with Gasteiger partial charge in [-0.3, -0.25) is 14.4 Å². The Morgan fingerprint density at radius 3 is 2.44 bits per heavy atom. The molecule has 0 aliphatic carbocycles. The number of aryl methyl sites for hydroxylation is 1. The Hall–Kier alpha value is -4.83. The summed E-state index contributed by atoms with van der Waals surface area (Å²) in [6, 6.07) is 9.06. The second-order valence-corrected chi connectivity index (χ2v) is 9.40. The minimum absolute atomic E-state index is 0.00692. The van der Waals surface area contributed by atoms with Crippen LogP contribution in [0.4, 0.5) is 14.5 Å². The van der Waals surface area contributed by atoms with E-state index in [0.29, 0.717) is 43.0 Å². The van der Waals surface area contributed by atoms with Gasteiger partial charge in [0.25, 0.3) is 11.8 Å². The Morgan fingerprint density at radius 1 is 1.07 bits per heavy atom. The molecule has 1 aliphatic heterocycles. The fraction of sp³-hybridized carbons (Fsp3) is 0.321. The fourth-order valence-corrected chi connectivity index (χ4v) is 4.58. The summed E-state index contributed by atoms with van der Waals surface area (Å²) in [4.78, 5) is 45.7. The Morgan fingerprint density at radius 2 is 1.78 bits per heavy atom. The van der Waals surface area contributed by atoms with Gasteiger partial charge < -0.3 is 29.7 Å². The maximum atomic E-state index is 14.7. The minimum Gasteiger partial charge on any atom is -0.476 e. The zero-order valence-corrected chi connectivity index (χ0v) is 22.8. The summed E-state index contributed by atoms with van der Waals surface area (Å²) in [5.74, 6) is -3.65. The van der Waals surface area contributed by atoms with E-state index in [0.717, 1.165) is 0 Å². The summed E-state index contributed by atoms with van der Waals surface area (Å²) in [6.07, 6.45) is 1.25. The number of ether oxygens (including phenoxy) is 1. The molecule has 1 saturated heterocycles. The number of aromatic nitrogens is 2. The molecule has 1 aromatic heterocycles. The van der Waals surface area contributed by atoms with Gasteiger partial charge in [0.15, 0.2) is 24.0 Å². The van der Waals surface area contributed by atoms with Crippen molar-refractivity contribution in [1.82, 2.24) is 24.7 Å². The molecule has 3 aromatic rings. The monoisotopic (exact) mass is 565 g/mol. The van der Waals surface area contributed by atoms with Crippen LogP contribution in [0.5, 0.6) is 5.75 Å². The smallest absolute Gasteiger partial charge is 0.291 e. The number of imidazole rings is 1. The lowest BCUT2D eigenvalue weighted by molar-refractivity contribution is -0.131. The quantitative estimate of drug-likeness (QED) is 0.429. The van der Waals surface area contributed by atoms with Gasteiger partial charge >= 0.3 is 0 Å². The van der Waals surface area contributed by atoms with Crippen molar-refractivity contribution in [3.05, 3.63) is 65.1 Å². The van der Waals surface area contributed by atoms with E-state index < -0.39 is 29.9 Å². The lowest BCUT2D eigenvalue weighted by atomic mass is 10.1. The summed E-state index contributed by atoms with van der Waals surface area (Å²) < 4.78 is 35.4. The molecule has 2 aromatic carbocycles. The maximum absolute atomic E-state index is 14.7. The van der Waals surface area contributed by atoms with E-state index in [1.54, 1.807) is 48.0 Å². The van der Waals surface area contributed by atoms with E-state index in [4.69, 9.17) is 10.00 Å². The van der Waals surface area contributed by atoms with Crippen molar-refractivity contribution < 1.29 is 27.9 Å². The van der Waals surface area contributed by atoms with Gasteiger partial charge in [0.05, 0.1) is 18.4 Å². The van der Waals surface area contributed by atoms with Gasteiger partial charge in [0.1, 0.15) is 6.07 Å². The topological polar surface area (TPSA) is 133 Å². The van der Waals surface area contributed by atoms with Gasteiger partial charge in [-0.05, 0) is 49.9 Å². The minimum atomic E-state index is -1.25. The first-order valence-corrected chi connectivity index (χ1v) is 12.8. The van der Waals surface area contributed by atoms with E-state index in [-0.39, 0.29) is 35.4 Å². The number of anilines is 1. The molecule has 13 heteroatoms. The number of rotatable bonds is 8. The largest absolute Gasteiger partial charge is 0.476 e. The number of hydrogen-bond acceptors (Lipinski definition) is 7. The Labute approximate surface area is 235 Å². The van der Waals surface area contributed by atoms with E-state index in [1.165, 1.54) is 29.9 Å². The first-order chi connectivity index (χ1) is 19.7. The molecule has 3 amide bonds. The van der Waals surface area contributed by atoms with Gasteiger partial charge in [-0.2, -0.15) is 9.65 Å². The van der Waals surface area contributed by atoms with Crippen molar-refractivity contribution in [2.24, 2.45) is 7.05 Å². The molecular formula is C28H29F2N7O4. The third kappa shape index (κ3) is 6.17. The van der Waals surface area contributed by atoms with Gasteiger partial charge in [-0.15, -0.1) is 0 Å². The van der Waals surface area contributed by atoms with Crippen LogP contribution in [0.1, 0.15) is 26.5 Å². The van der Waals surface area contributed by atoms with Crippen molar-refractivity contribution >= 4 is 23.4 Å². The van der Waals surface area contributed by atoms with Gasteiger partial charge in [0.2, 0.25) is 11.7 Å². The third-order valence-electron chi connectivity index (χ3n) is 6.77. The highest BCUT2D eigenvalue weighted by Crippen LogP contribution is 2.30. The predicted octanol–water partition coefficient (Wildman–Crippen LogP) is 2.33. The first-order valence-electron chi connectivity index (χ1n) is 12.8. The van der Waals surface area contributed by atoms with Crippen molar-refractivity contribution in [2.45, 2.75) is 6.92 Å². The molecule has 2 N–H and O–H groups in total. The van der Waals surface area contributed by atoms with E-state index in [2.05, 4.69) is 15.6 Å². The number of nitrogens with zero attached hydrogens (tertiary/aromatic N) is 5. The van der Waals surface area contributed by atoms with Crippen molar-refractivity contribution in [2.75, 3.05) is 51.7 Å². The molecular weight excluding hydrogens is 536 g/mol. The molecule has 214 valence electrons. The molecule has 41 heavy (non-hydrogen) atoms. The number of hydrogen-bond donors (Lipinski definition) is 2. The SMILES string of the molecule is CNCC(=O)N1CCN(C(=O)c2ccc(NC(=O)c3ncc(-c4ccc(OCC#N)c(F)c4F)n3C)cc2C)CC1. The normalized spacial score (nSPS) is 13.1. The lowest BCUT2D eigenvalue weighted by Gasteiger charge is -2.35. The molecule has 2 heterocycles. The highest BCUT2D eigenvalue weighted by atomic mass is 19.2. The Balaban J connectivity index is 1.44. The highest BCUT2D eigenvalue weighted by Gasteiger charge is 2.26. The number of piperazine rings is 1. The molecule has 0 radical (unpaired) electrons. The van der Waals surface area contributed by atoms with E-state index in [9.17, 15) is 23.2 Å². The van der Waals surface area contributed by atoms with Crippen molar-refractivity contribution in [3.8, 4) is 23.1 Å². The van der Waals surface area contributed by atoms with E-state index >= 15 is 0 Å². The molecule has 1 aliphatic rings. The number of carbonyl (C=O) groups excluding carboxylic acids is 3. The van der Waals surface area contributed by atoms with Crippen molar-refractivity contribution in [1.29, 1.82) is 5.26 Å². The zero-order chi connectivity index (χ0) is 29.7. The van der Waals surface area contributed by atoms with Crippen LogP contribution in [0.25, 0.3) is 11.3 Å². The predicted molar refractivity (Wildman–Crippen MR) is 145 cm³/mol. The number of nitrogens with one attached hydrogen (secondary N) is 2. The zero-order valence-electron chi connectivity index (χ0n) is 22.8. The Bertz CT molecular complexity index is 1520. The maximum Gasteiger partial charge on any atom is 0.291 e. The first kappa shape index (κ1) is 29.2. The number of nitriles is 1. The number of carbonyl (C=O) groups is 3. The summed E-state index contributed by atoms with van der Waals surface area (Å²) in [7, 11) is 3.20. The lowest BCUT2D eigenvalue weighted by Crippen LogP contribution is -2.52. The molecule has 0 spiro atoms. The summed E-state index contributed by atoms with van der Waals surface area (Å²) in [5.41, 5.74) is 1.58. The van der Waals surface area contributed by atoms with Crippen LogP contribution >= 0.6 is 0 Å². The summed E-state index contributed by atoms with van der Waals surface area (Å²) >= 11 is 0. The standard InChI is InChI=1S/C28H29F2N7O4/c1-17-14-18(4-5-19(17)28(40)37-11-9-36(10-12-37)23(38)16-32-2)34-27(39)26-33-15-21(35(26)3)20-6-7-22(41-13-8-31)25(30)24(20)29/h4-7,14-15,32H,9-13,16H2,1-3H3,(H,34,39). The van der Waals surface area contributed by atoms with Crippen LogP contribution in [0.2, 0.25) is 0 Å². The molecule has 0 bridgehead atoms. The fourth-order valence-electron chi connectivity index (χ4n) is 4.58. The molecule has 0 saturated carbocycles. The third-order valence-corrected chi connectivity index (χ3v) is 6.77. The van der Waals surface area contributed by atoms with Crippen LogP contribution in [-0.2, 0) is 11.8 Å². The van der Waals surface area contributed by atoms with Crippen LogP contribution in [-0.4, -0.2) is 83.5 Å². The number of benzene rings is 2. The highest BCUT2D eigenvalue weighted by molar-refractivity contribution is 6.03. The Kier molecular flexibility index (Phi) is 8.94. The number of amides is 3. The number of halogens is 2. The van der Waals surface area contributed by atoms with Crippen LogP contribution in [0, 0.1) is 29.9 Å². The van der Waals surface area contributed by atoms with Crippen LogP contribution < -0.4 is 15.4 Å². The summed E-state index contributed by atoms with van der Waals surface area (Å²) in [5, 5.41) is 14.2. The second kappa shape index (κ2) is 12.6. The second-order valence-electron chi connectivity index (χ2n) is 9.40. The average Bonchev–Trinajstić information content (AvgIpc) is 3.34. The van der Waals surface area contributed by atoms with Gasteiger partial charge in [0, 0.05) is 50.0 Å². The molecule has 0 atom stereocenters. The van der Waals surface area contributed by atoms with Crippen LogP contribution in [0.15, 0.2) is 36.5 Å².